The second-order valence-electron chi connectivity index (χ2n) is 3.10. The first kappa shape index (κ1) is 15.0. The Morgan fingerprint density at radius 2 is 1.56 bits per heavy atom. The number of esters is 1. The van der Waals surface area contributed by atoms with Crippen LogP contribution >= 0.6 is 0 Å². The molecule has 0 heterocycles. The maximum absolute atomic E-state index is 12.3. The minimum Gasteiger partial charge on any atom is -0.466 e. The van der Waals surface area contributed by atoms with Gasteiger partial charge in [0.1, 0.15) is 0 Å². The van der Waals surface area contributed by atoms with Crippen molar-refractivity contribution in [2.45, 2.75) is 26.2 Å². The van der Waals surface area contributed by atoms with Crippen molar-refractivity contribution in [1.82, 2.24) is 0 Å². The molecule has 96 valence electrons. The van der Waals surface area contributed by atoms with Gasteiger partial charge in [0.2, 0.25) is 0 Å². The van der Waals surface area contributed by atoms with Crippen LogP contribution in [0.3, 0.4) is 0 Å². The van der Waals surface area contributed by atoms with E-state index < -0.39 is 36.8 Å². The zero-order chi connectivity index (χ0) is 13.1. The van der Waals surface area contributed by atoms with Crippen LogP contribution in [0.15, 0.2) is 0 Å². The summed E-state index contributed by atoms with van der Waals surface area (Å²) >= 11 is 0. The van der Waals surface area contributed by atoms with Crippen LogP contribution < -0.4 is 0 Å². The molecule has 0 radical (unpaired) electrons. The minimum atomic E-state index is -5.28. The molecule has 0 rings (SSSR count). The Morgan fingerprint density at radius 3 is 1.81 bits per heavy atom. The molecule has 0 saturated heterocycles. The third kappa shape index (κ3) is 3.90. The molecular formula is C8H10F6O2. The van der Waals surface area contributed by atoms with Crippen LogP contribution in [0.1, 0.15) is 13.8 Å². The molecule has 16 heavy (non-hydrogen) atoms. The smallest absolute Gasteiger partial charge is 0.402 e. The lowest BCUT2D eigenvalue weighted by molar-refractivity contribution is -0.252. The molecule has 0 aromatic heterocycles. The normalized spacial score (nSPS) is 16.8. The van der Waals surface area contributed by atoms with Gasteiger partial charge in [-0.2, -0.15) is 26.3 Å². The zero-order valence-electron chi connectivity index (χ0n) is 8.45. The Bertz CT molecular complexity index is 244. The second-order valence-corrected chi connectivity index (χ2v) is 3.10. The standard InChI is InChI=1S/C8H10F6O2/c1-3-16-6(15)5(8(12,13)14)4(2)7(9,10)11/h4-5H,3H2,1-2H3. The van der Waals surface area contributed by atoms with Gasteiger partial charge < -0.3 is 4.74 Å². The summed E-state index contributed by atoms with van der Waals surface area (Å²) < 4.78 is 77.2. The van der Waals surface area contributed by atoms with E-state index in [1.54, 1.807) is 0 Å². The van der Waals surface area contributed by atoms with Crippen molar-refractivity contribution in [3.63, 3.8) is 0 Å². The van der Waals surface area contributed by atoms with Crippen LogP contribution in [0.25, 0.3) is 0 Å². The van der Waals surface area contributed by atoms with E-state index >= 15 is 0 Å². The van der Waals surface area contributed by atoms with E-state index in [1.807, 2.05) is 0 Å². The Morgan fingerprint density at radius 1 is 1.12 bits per heavy atom. The molecule has 2 atom stereocenters. The molecule has 0 aromatic rings. The lowest BCUT2D eigenvalue weighted by atomic mass is 9.93. The van der Waals surface area contributed by atoms with Crippen LogP contribution in [-0.4, -0.2) is 24.9 Å². The van der Waals surface area contributed by atoms with Gasteiger partial charge in [-0.3, -0.25) is 4.79 Å². The maximum atomic E-state index is 12.3. The summed E-state index contributed by atoms with van der Waals surface area (Å²) in [5.41, 5.74) is 0. The predicted molar refractivity (Wildman–Crippen MR) is 41.4 cm³/mol. The van der Waals surface area contributed by atoms with Crippen LogP contribution in [0.2, 0.25) is 0 Å². The summed E-state index contributed by atoms with van der Waals surface area (Å²) in [6, 6.07) is 0. The fourth-order valence-electron chi connectivity index (χ4n) is 1.04. The zero-order valence-corrected chi connectivity index (χ0v) is 8.45. The van der Waals surface area contributed by atoms with Gasteiger partial charge in [0, 0.05) is 0 Å². The van der Waals surface area contributed by atoms with E-state index in [1.165, 1.54) is 6.92 Å². The highest BCUT2D eigenvalue weighted by atomic mass is 19.4. The van der Waals surface area contributed by atoms with Crippen LogP contribution in [0.5, 0.6) is 0 Å². The Labute approximate surface area is 87.6 Å². The topological polar surface area (TPSA) is 26.3 Å². The summed E-state index contributed by atoms with van der Waals surface area (Å²) in [4.78, 5) is 10.8. The molecule has 0 spiro atoms. The van der Waals surface area contributed by atoms with Gasteiger partial charge in [-0.25, -0.2) is 0 Å². The Kier molecular flexibility index (Phi) is 4.63. The molecule has 0 aliphatic rings. The first-order valence-corrected chi connectivity index (χ1v) is 4.31. The van der Waals surface area contributed by atoms with Gasteiger partial charge in [0.25, 0.3) is 0 Å². The van der Waals surface area contributed by atoms with Crippen molar-refractivity contribution in [1.29, 1.82) is 0 Å². The fourth-order valence-corrected chi connectivity index (χ4v) is 1.04. The predicted octanol–water partition coefficient (Wildman–Crippen LogP) is 2.93. The molecule has 0 amide bonds. The largest absolute Gasteiger partial charge is 0.466 e. The highest BCUT2D eigenvalue weighted by Gasteiger charge is 2.57. The van der Waals surface area contributed by atoms with E-state index in [-0.39, 0.29) is 0 Å². The van der Waals surface area contributed by atoms with E-state index in [9.17, 15) is 31.1 Å². The summed E-state index contributed by atoms with van der Waals surface area (Å²) in [5, 5.41) is 0. The number of hydrogen-bond donors (Lipinski definition) is 0. The van der Waals surface area contributed by atoms with Crippen LogP contribution in [0, 0.1) is 11.8 Å². The number of halogens is 6. The summed E-state index contributed by atoms with van der Waals surface area (Å²) in [6.45, 7) is 1.11. The Hall–Kier alpha value is -0.950. The van der Waals surface area contributed by atoms with Crippen molar-refractivity contribution in [3.8, 4) is 0 Å². The number of ether oxygens (including phenoxy) is 1. The molecule has 0 aliphatic carbocycles. The molecule has 0 fully saturated rings. The molecule has 2 nitrogen and oxygen atoms in total. The first-order valence-electron chi connectivity index (χ1n) is 4.31. The second kappa shape index (κ2) is 4.92. The van der Waals surface area contributed by atoms with Gasteiger partial charge >= 0.3 is 18.3 Å². The minimum absolute atomic E-state index is 0.301. The van der Waals surface area contributed by atoms with Crippen molar-refractivity contribution >= 4 is 5.97 Å². The van der Waals surface area contributed by atoms with Gasteiger partial charge in [-0.05, 0) is 6.92 Å². The van der Waals surface area contributed by atoms with E-state index in [0.717, 1.165) is 0 Å². The number of alkyl halides is 6. The highest BCUT2D eigenvalue weighted by molar-refractivity contribution is 5.73. The molecule has 2 unspecified atom stereocenters. The third-order valence-electron chi connectivity index (χ3n) is 1.91. The van der Waals surface area contributed by atoms with Gasteiger partial charge in [0.05, 0.1) is 12.5 Å². The monoisotopic (exact) mass is 252 g/mol. The maximum Gasteiger partial charge on any atom is 0.402 e. The van der Waals surface area contributed by atoms with E-state index in [4.69, 9.17) is 0 Å². The number of carbonyl (C=O) groups is 1. The van der Waals surface area contributed by atoms with Gasteiger partial charge in [-0.15, -0.1) is 0 Å². The lowest BCUT2D eigenvalue weighted by Crippen LogP contribution is -2.43. The first-order chi connectivity index (χ1) is 7.01. The molecule has 0 saturated carbocycles. The molecule has 0 aromatic carbocycles. The summed E-state index contributed by atoms with van der Waals surface area (Å²) in [6.07, 6.45) is -10.4. The fraction of sp³-hybridized carbons (Fsp3) is 0.875. The van der Waals surface area contributed by atoms with Gasteiger partial charge in [0.15, 0.2) is 5.92 Å². The molecule has 0 N–H and O–H groups in total. The van der Waals surface area contributed by atoms with E-state index in [0.29, 0.717) is 6.92 Å². The van der Waals surface area contributed by atoms with Crippen molar-refractivity contribution in [3.05, 3.63) is 0 Å². The average Bonchev–Trinajstić information content (AvgIpc) is 1.99. The van der Waals surface area contributed by atoms with Crippen molar-refractivity contribution in [2.75, 3.05) is 6.61 Å². The highest BCUT2D eigenvalue weighted by Crippen LogP contribution is 2.41. The molecule has 0 bridgehead atoms. The molecule has 8 heteroatoms. The lowest BCUT2D eigenvalue weighted by Gasteiger charge is -2.26. The SMILES string of the molecule is CCOC(=O)C(C(C)C(F)(F)F)C(F)(F)F. The Balaban J connectivity index is 5.04. The quantitative estimate of drug-likeness (QED) is 0.570. The van der Waals surface area contributed by atoms with Crippen molar-refractivity contribution in [2.24, 2.45) is 11.8 Å². The third-order valence-corrected chi connectivity index (χ3v) is 1.91. The summed E-state index contributed by atoms with van der Waals surface area (Å²) in [5.74, 6) is -7.90. The number of rotatable bonds is 3. The number of hydrogen-bond acceptors (Lipinski definition) is 2. The van der Waals surface area contributed by atoms with Crippen molar-refractivity contribution < 1.29 is 35.9 Å². The van der Waals surface area contributed by atoms with Crippen LogP contribution in [-0.2, 0) is 9.53 Å². The average molecular weight is 252 g/mol. The molecule has 0 aliphatic heterocycles. The molecular weight excluding hydrogens is 242 g/mol. The van der Waals surface area contributed by atoms with E-state index in [2.05, 4.69) is 4.74 Å². The summed E-state index contributed by atoms with van der Waals surface area (Å²) in [7, 11) is 0. The van der Waals surface area contributed by atoms with Crippen LogP contribution in [0.4, 0.5) is 26.3 Å². The van der Waals surface area contributed by atoms with Gasteiger partial charge in [-0.1, -0.05) is 6.92 Å². The number of carbonyl (C=O) groups excluding carboxylic acids is 1.